The Labute approximate surface area is 170 Å². The van der Waals surface area contributed by atoms with Crippen molar-refractivity contribution in [2.45, 2.75) is 26.0 Å². The van der Waals surface area contributed by atoms with Crippen LogP contribution in [0.1, 0.15) is 34.5 Å². The van der Waals surface area contributed by atoms with Crippen LogP contribution >= 0.6 is 0 Å². The molecule has 1 heterocycles. The summed E-state index contributed by atoms with van der Waals surface area (Å²) >= 11 is 0. The first-order chi connectivity index (χ1) is 13.9. The summed E-state index contributed by atoms with van der Waals surface area (Å²) in [6.45, 7) is 6.47. The van der Waals surface area contributed by atoms with Crippen LogP contribution in [0.3, 0.4) is 0 Å². The predicted octanol–water partition coefficient (Wildman–Crippen LogP) is 3.40. The van der Waals surface area contributed by atoms with E-state index in [0.717, 1.165) is 16.8 Å². The van der Waals surface area contributed by atoms with Crippen LogP contribution in [0.5, 0.6) is 5.75 Å². The standard InChI is InChI=1S/C22H27FN2O4/c1-14-8-17(22(26)27)10-18(9-14)25-6-7-29-19(13-25)12-24-15(2)16-4-5-20(23)21(11-16)28-3/h4-5,8-11,15,19,24H,6-7,12-13H2,1-3H3,(H,26,27)/t15-,19?/m1/s1. The summed E-state index contributed by atoms with van der Waals surface area (Å²) in [5, 5.41) is 12.7. The Kier molecular flexibility index (Phi) is 6.71. The molecule has 7 heteroatoms. The monoisotopic (exact) mass is 402 g/mol. The third-order valence-corrected chi connectivity index (χ3v) is 5.14. The molecule has 0 amide bonds. The van der Waals surface area contributed by atoms with E-state index >= 15 is 0 Å². The van der Waals surface area contributed by atoms with Gasteiger partial charge >= 0.3 is 5.97 Å². The highest BCUT2D eigenvalue weighted by atomic mass is 19.1. The van der Waals surface area contributed by atoms with Crippen LogP contribution in [0.15, 0.2) is 36.4 Å². The number of anilines is 1. The van der Waals surface area contributed by atoms with Crippen molar-refractivity contribution < 1.29 is 23.8 Å². The number of morpholine rings is 1. The third kappa shape index (κ3) is 5.25. The number of nitrogens with one attached hydrogen (secondary N) is 1. The van der Waals surface area contributed by atoms with Gasteiger partial charge in [0.15, 0.2) is 11.6 Å². The van der Waals surface area contributed by atoms with Gasteiger partial charge in [-0.3, -0.25) is 0 Å². The quantitative estimate of drug-likeness (QED) is 0.740. The molecule has 29 heavy (non-hydrogen) atoms. The Morgan fingerprint density at radius 2 is 2.17 bits per heavy atom. The highest BCUT2D eigenvalue weighted by Crippen LogP contribution is 2.24. The SMILES string of the molecule is COc1cc([C@@H](C)NCC2CN(c3cc(C)cc(C(=O)O)c3)CCO2)ccc1F. The van der Waals surface area contributed by atoms with Gasteiger partial charge in [-0.2, -0.15) is 0 Å². The zero-order chi connectivity index (χ0) is 21.0. The van der Waals surface area contributed by atoms with E-state index in [-0.39, 0.29) is 23.7 Å². The molecular weight excluding hydrogens is 375 g/mol. The van der Waals surface area contributed by atoms with Gasteiger partial charge in [0.25, 0.3) is 0 Å². The number of carboxylic acid groups (broad SMARTS) is 1. The van der Waals surface area contributed by atoms with Crippen molar-refractivity contribution >= 4 is 11.7 Å². The first-order valence-electron chi connectivity index (χ1n) is 9.65. The Balaban J connectivity index is 1.62. The van der Waals surface area contributed by atoms with E-state index < -0.39 is 5.97 Å². The molecule has 2 aromatic rings. The van der Waals surface area contributed by atoms with Crippen molar-refractivity contribution in [1.82, 2.24) is 5.32 Å². The zero-order valence-electron chi connectivity index (χ0n) is 16.9. The number of aryl methyl sites for hydroxylation is 1. The van der Waals surface area contributed by atoms with Gasteiger partial charge < -0.3 is 24.8 Å². The molecule has 3 rings (SSSR count). The third-order valence-electron chi connectivity index (χ3n) is 5.14. The van der Waals surface area contributed by atoms with E-state index in [9.17, 15) is 14.3 Å². The van der Waals surface area contributed by atoms with Gasteiger partial charge in [-0.15, -0.1) is 0 Å². The molecule has 6 nitrogen and oxygen atoms in total. The Bertz CT molecular complexity index is 874. The summed E-state index contributed by atoms with van der Waals surface area (Å²) in [5.41, 5.74) is 3.03. The molecule has 2 N–H and O–H groups in total. The van der Waals surface area contributed by atoms with Gasteiger partial charge in [0.05, 0.1) is 25.4 Å². The topological polar surface area (TPSA) is 71.0 Å². The van der Waals surface area contributed by atoms with E-state index in [1.165, 1.54) is 13.2 Å². The summed E-state index contributed by atoms with van der Waals surface area (Å²) in [6.07, 6.45) is -0.0395. The van der Waals surface area contributed by atoms with Crippen molar-refractivity contribution in [2.24, 2.45) is 0 Å². The minimum absolute atomic E-state index is 0.000981. The van der Waals surface area contributed by atoms with E-state index in [1.807, 2.05) is 19.9 Å². The average molecular weight is 402 g/mol. The number of ether oxygens (including phenoxy) is 2. The number of rotatable bonds is 7. The van der Waals surface area contributed by atoms with Gasteiger partial charge in [-0.25, -0.2) is 9.18 Å². The molecule has 1 aliphatic rings. The number of carboxylic acids is 1. The van der Waals surface area contributed by atoms with Crippen LogP contribution < -0.4 is 15.0 Å². The van der Waals surface area contributed by atoms with E-state index in [1.54, 1.807) is 24.3 Å². The molecule has 0 saturated carbocycles. The molecule has 1 aliphatic heterocycles. The van der Waals surface area contributed by atoms with Crippen molar-refractivity contribution in [3.8, 4) is 5.75 Å². The van der Waals surface area contributed by atoms with Crippen molar-refractivity contribution in [3.05, 3.63) is 58.9 Å². The molecule has 156 valence electrons. The number of nitrogens with zero attached hydrogens (tertiary/aromatic N) is 1. The molecule has 1 saturated heterocycles. The maximum absolute atomic E-state index is 13.6. The first-order valence-corrected chi connectivity index (χ1v) is 9.65. The summed E-state index contributed by atoms with van der Waals surface area (Å²) in [4.78, 5) is 13.5. The Morgan fingerprint density at radius 3 is 2.90 bits per heavy atom. The molecule has 0 radical (unpaired) electrons. The van der Waals surface area contributed by atoms with Gasteiger partial charge in [-0.1, -0.05) is 6.07 Å². The van der Waals surface area contributed by atoms with Crippen LogP contribution in [0.2, 0.25) is 0 Å². The molecule has 2 aromatic carbocycles. The minimum atomic E-state index is -0.926. The second-order valence-corrected chi connectivity index (χ2v) is 7.33. The van der Waals surface area contributed by atoms with Gasteiger partial charge in [0, 0.05) is 31.4 Å². The van der Waals surface area contributed by atoms with Gasteiger partial charge in [-0.05, 0) is 55.3 Å². The number of halogens is 1. The molecule has 1 unspecified atom stereocenters. The number of carbonyl (C=O) groups is 1. The molecule has 0 aromatic heterocycles. The largest absolute Gasteiger partial charge is 0.494 e. The Hall–Kier alpha value is -2.64. The normalized spacial score (nSPS) is 17.8. The smallest absolute Gasteiger partial charge is 0.335 e. The summed E-state index contributed by atoms with van der Waals surface area (Å²) in [6, 6.07) is 10.2. The van der Waals surface area contributed by atoms with Crippen LogP contribution in [-0.4, -0.2) is 50.5 Å². The maximum Gasteiger partial charge on any atom is 0.335 e. The van der Waals surface area contributed by atoms with Crippen molar-refractivity contribution in [3.63, 3.8) is 0 Å². The number of benzene rings is 2. The number of hydrogen-bond acceptors (Lipinski definition) is 5. The second-order valence-electron chi connectivity index (χ2n) is 7.33. The lowest BCUT2D eigenvalue weighted by Crippen LogP contribution is -2.47. The van der Waals surface area contributed by atoms with E-state index in [4.69, 9.17) is 9.47 Å². The fourth-order valence-corrected chi connectivity index (χ4v) is 3.52. The average Bonchev–Trinajstić information content (AvgIpc) is 2.72. The molecular formula is C22H27FN2O4. The summed E-state index contributed by atoms with van der Waals surface area (Å²) in [5.74, 6) is -1.08. The Morgan fingerprint density at radius 1 is 1.38 bits per heavy atom. The molecule has 0 spiro atoms. The minimum Gasteiger partial charge on any atom is -0.494 e. The summed E-state index contributed by atoms with van der Waals surface area (Å²) in [7, 11) is 1.45. The molecule has 0 bridgehead atoms. The number of methoxy groups -OCH3 is 1. The fraction of sp³-hybridized carbons (Fsp3) is 0.409. The van der Waals surface area contributed by atoms with Crippen LogP contribution in [0.4, 0.5) is 10.1 Å². The van der Waals surface area contributed by atoms with Crippen molar-refractivity contribution in [1.29, 1.82) is 0 Å². The van der Waals surface area contributed by atoms with Crippen LogP contribution in [0, 0.1) is 12.7 Å². The lowest BCUT2D eigenvalue weighted by Gasteiger charge is -2.35. The lowest BCUT2D eigenvalue weighted by molar-refractivity contribution is 0.0394. The predicted molar refractivity (Wildman–Crippen MR) is 109 cm³/mol. The second kappa shape index (κ2) is 9.24. The first kappa shape index (κ1) is 21.1. The van der Waals surface area contributed by atoms with Gasteiger partial charge in [0.1, 0.15) is 0 Å². The lowest BCUT2D eigenvalue weighted by atomic mass is 10.1. The van der Waals surface area contributed by atoms with Gasteiger partial charge in [0.2, 0.25) is 0 Å². The number of hydrogen-bond donors (Lipinski definition) is 2. The molecule has 1 fully saturated rings. The van der Waals surface area contributed by atoms with Crippen LogP contribution in [-0.2, 0) is 4.74 Å². The van der Waals surface area contributed by atoms with E-state index in [0.29, 0.717) is 31.8 Å². The summed E-state index contributed by atoms with van der Waals surface area (Å²) < 4.78 is 24.5. The molecule has 2 atom stereocenters. The number of aromatic carboxylic acids is 1. The maximum atomic E-state index is 13.6. The highest BCUT2D eigenvalue weighted by molar-refractivity contribution is 5.89. The van der Waals surface area contributed by atoms with E-state index in [2.05, 4.69) is 10.2 Å². The van der Waals surface area contributed by atoms with Crippen LogP contribution in [0.25, 0.3) is 0 Å². The highest BCUT2D eigenvalue weighted by Gasteiger charge is 2.22. The molecule has 0 aliphatic carbocycles. The zero-order valence-corrected chi connectivity index (χ0v) is 16.9. The fourth-order valence-electron chi connectivity index (χ4n) is 3.52. The van der Waals surface area contributed by atoms with Crippen molar-refractivity contribution in [2.75, 3.05) is 38.3 Å².